The molecule has 0 saturated carbocycles. The van der Waals surface area contributed by atoms with E-state index < -0.39 is 5.97 Å². The van der Waals surface area contributed by atoms with Crippen LogP contribution in [0.2, 0.25) is 0 Å². The summed E-state index contributed by atoms with van der Waals surface area (Å²) in [7, 11) is 0. The van der Waals surface area contributed by atoms with Crippen LogP contribution >= 0.6 is 0 Å². The monoisotopic (exact) mass is 302 g/mol. The van der Waals surface area contributed by atoms with E-state index in [9.17, 15) is 9.59 Å². The molecule has 1 heterocycles. The number of carbonyl (C=O) groups is 2. The minimum Gasteiger partial charge on any atom is -0.480 e. The molecular weight excluding hydrogens is 280 g/mol. The Labute approximate surface area is 130 Å². The van der Waals surface area contributed by atoms with Crippen molar-refractivity contribution in [3.05, 3.63) is 36.0 Å². The molecule has 0 fully saturated rings. The summed E-state index contributed by atoms with van der Waals surface area (Å²) in [5, 5.41) is 9.93. The largest absolute Gasteiger partial charge is 0.480 e. The summed E-state index contributed by atoms with van der Waals surface area (Å²) in [6, 6.07) is 7.71. The van der Waals surface area contributed by atoms with Gasteiger partial charge in [-0.25, -0.2) is 0 Å². The highest BCUT2D eigenvalue weighted by molar-refractivity contribution is 6.07. The number of nitrogens with zero attached hydrogens (tertiary/aromatic N) is 2. The topological polar surface area (TPSA) is 62.5 Å². The highest BCUT2D eigenvalue weighted by Crippen LogP contribution is 2.23. The summed E-state index contributed by atoms with van der Waals surface area (Å²) in [6.45, 7) is 6.87. The van der Waals surface area contributed by atoms with Crippen LogP contribution in [-0.2, 0) is 11.3 Å². The van der Waals surface area contributed by atoms with Crippen molar-refractivity contribution in [1.82, 2.24) is 9.47 Å². The van der Waals surface area contributed by atoms with E-state index >= 15 is 0 Å². The summed E-state index contributed by atoms with van der Waals surface area (Å²) in [5.41, 5.74) is 1.56. The van der Waals surface area contributed by atoms with Crippen LogP contribution in [0, 0.1) is 5.92 Å². The van der Waals surface area contributed by atoms with Crippen molar-refractivity contribution in [3.8, 4) is 0 Å². The van der Waals surface area contributed by atoms with Crippen molar-refractivity contribution in [2.75, 3.05) is 13.1 Å². The Balaban J connectivity index is 2.44. The van der Waals surface area contributed by atoms with E-state index in [0.29, 0.717) is 12.1 Å². The lowest BCUT2D eigenvalue weighted by Gasteiger charge is -2.22. The molecule has 0 atom stereocenters. The molecule has 1 aromatic heterocycles. The van der Waals surface area contributed by atoms with Gasteiger partial charge in [-0.05, 0) is 18.9 Å². The van der Waals surface area contributed by atoms with E-state index in [1.54, 1.807) is 0 Å². The van der Waals surface area contributed by atoms with Crippen LogP contribution in [0.15, 0.2) is 30.5 Å². The third kappa shape index (κ3) is 3.30. The van der Waals surface area contributed by atoms with Gasteiger partial charge in [0.2, 0.25) is 0 Å². The number of carboxylic acid groups (broad SMARTS) is 1. The molecular formula is C17H22N2O3. The van der Waals surface area contributed by atoms with Crippen LogP contribution in [0.5, 0.6) is 0 Å². The standard InChI is InChI=1S/C17H22N2O3/c1-4-18-10-14(13-7-5-6-8-15(13)18)17(22)19(9-12(2)3)11-16(20)21/h5-8,10,12H,4,9,11H2,1-3H3,(H,20,21). The molecule has 1 amide bonds. The van der Waals surface area contributed by atoms with Gasteiger partial charge in [-0.15, -0.1) is 0 Å². The average Bonchev–Trinajstić information content (AvgIpc) is 2.83. The Kier molecular flexibility index (Phi) is 4.85. The molecule has 0 radical (unpaired) electrons. The van der Waals surface area contributed by atoms with Gasteiger partial charge < -0.3 is 14.6 Å². The van der Waals surface area contributed by atoms with E-state index in [1.807, 2.05) is 55.8 Å². The zero-order valence-electron chi connectivity index (χ0n) is 13.2. The number of hydrogen-bond donors (Lipinski definition) is 1. The number of amides is 1. The van der Waals surface area contributed by atoms with Crippen LogP contribution < -0.4 is 0 Å². The van der Waals surface area contributed by atoms with Gasteiger partial charge in [0.05, 0.1) is 5.56 Å². The number of aromatic nitrogens is 1. The van der Waals surface area contributed by atoms with Crippen LogP contribution in [0.25, 0.3) is 10.9 Å². The molecule has 1 aromatic carbocycles. The summed E-state index contributed by atoms with van der Waals surface area (Å²) in [4.78, 5) is 25.3. The van der Waals surface area contributed by atoms with E-state index in [-0.39, 0.29) is 18.4 Å². The first-order valence-corrected chi connectivity index (χ1v) is 7.53. The first kappa shape index (κ1) is 16.1. The maximum atomic E-state index is 12.8. The molecule has 0 aliphatic heterocycles. The number of fused-ring (bicyclic) bond motifs is 1. The molecule has 0 bridgehead atoms. The fourth-order valence-electron chi connectivity index (χ4n) is 2.67. The number of rotatable bonds is 6. The van der Waals surface area contributed by atoms with Crippen molar-refractivity contribution < 1.29 is 14.7 Å². The summed E-state index contributed by atoms with van der Waals surface area (Å²) in [6.07, 6.45) is 1.82. The van der Waals surface area contributed by atoms with Gasteiger partial charge in [-0.1, -0.05) is 32.0 Å². The minimum absolute atomic E-state index is 0.211. The Morgan fingerprint density at radius 3 is 2.55 bits per heavy atom. The molecule has 0 aliphatic carbocycles. The maximum Gasteiger partial charge on any atom is 0.323 e. The molecule has 1 N–H and O–H groups in total. The Bertz CT molecular complexity index is 688. The van der Waals surface area contributed by atoms with Crippen molar-refractivity contribution in [1.29, 1.82) is 0 Å². The third-order valence-electron chi connectivity index (χ3n) is 3.56. The van der Waals surface area contributed by atoms with Crippen LogP contribution in [-0.4, -0.2) is 39.5 Å². The summed E-state index contributed by atoms with van der Waals surface area (Å²) < 4.78 is 2.01. The SMILES string of the molecule is CCn1cc(C(=O)N(CC(=O)O)CC(C)C)c2ccccc21. The quantitative estimate of drug-likeness (QED) is 0.892. The highest BCUT2D eigenvalue weighted by atomic mass is 16.4. The van der Waals surface area contributed by atoms with Crippen molar-refractivity contribution in [2.24, 2.45) is 5.92 Å². The van der Waals surface area contributed by atoms with E-state index in [0.717, 1.165) is 17.4 Å². The fourth-order valence-corrected chi connectivity index (χ4v) is 2.67. The summed E-state index contributed by atoms with van der Waals surface area (Å²) in [5.74, 6) is -1.00. The predicted octanol–water partition coefficient (Wildman–Crippen LogP) is 2.84. The minimum atomic E-state index is -0.992. The van der Waals surface area contributed by atoms with Gasteiger partial charge in [0, 0.05) is 30.2 Å². The van der Waals surface area contributed by atoms with Crippen LogP contribution in [0.1, 0.15) is 31.1 Å². The molecule has 0 aliphatic rings. The number of para-hydroxylation sites is 1. The van der Waals surface area contributed by atoms with E-state index in [4.69, 9.17) is 5.11 Å². The second-order valence-corrected chi connectivity index (χ2v) is 5.82. The van der Waals surface area contributed by atoms with Gasteiger partial charge in [-0.2, -0.15) is 0 Å². The molecule has 2 rings (SSSR count). The first-order chi connectivity index (χ1) is 10.4. The van der Waals surface area contributed by atoms with Crippen molar-refractivity contribution >= 4 is 22.8 Å². The number of hydrogen-bond acceptors (Lipinski definition) is 2. The average molecular weight is 302 g/mol. The van der Waals surface area contributed by atoms with E-state index in [2.05, 4.69) is 0 Å². The van der Waals surface area contributed by atoms with Crippen LogP contribution in [0.3, 0.4) is 0 Å². The zero-order valence-corrected chi connectivity index (χ0v) is 13.2. The normalized spacial score (nSPS) is 11.1. The van der Waals surface area contributed by atoms with Crippen molar-refractivity contribution in [3.63, 3.8) is 0 Å². The number of aryl methyl sites for hydroxylation is 1. The van der Waals surface area contributed by atoms with Crippen LogP contribution in [0.4, 0.5) is 0 Å². The number of carboxylic acids is 1. The molecule has 22 heavy (non-hydrogen) atoms. The molecule has 0 unspecified atom stereocenters. The Morgan fingerprint density at radius 2 is 1.95 bits per heavy atom. The van der Waals surface area contributed by atoms with Gasteiger partial charge >= 0.3 is 5.97 Å². The Hall–Kier alpha value is -2.30. The smallest absolute Gasteiger partial charge is 0.323 e. The molecule has 5 heteroatoms. The second kappa shape index (κ2) is 6.64. The highest BCUT2D eigenvalue weighted by Gasteiger charge is 2.23. The lowest BCUT2D eigenvalue weighted by atomic mass is 10.1. The number of carbonyl (C=O) groups excluding carboxylic acids is 1. The third-order valence-corrected chi connectivity index (χ3v) is 3.56. The van der Waals surface area contributed by atoms with Gasteiger partial charge in [0.15, 0.2) is 0 Å². The molecule has 118 valence electrons. The van der Waals surface area contributed by atoms with E-state index in [1.165, 1.54) is 4.90 Å². The molecule has 0 spiro atoms. The second-order valence-electron chi connectivity index (χ2n) is 5.82. The maximum absolute atomic E-state index is 12.8. The first-order valence-electron chi connectivity index (χ1n) is 7.53. The molecule has 0 saturated heterocycles. The van der Waals surface area contributed by atoms with Gasteiger partial charge in [-0.3, -0.25) is 9.59 Å². The Morgan fingerprint density at radius 1 is 1.27 bits per heavy atom. The predicted molar refractivity (Wildman–Crippen MR) is 86.0 cm³/mol. The van der Waals surface area contributed by atoms with Crippen molar-refractivity contribution in [2.45, 2.75) is 27.3 Å². The summed E-state index contributed by atoms with van der Waals surface area (Å²) >= 11 is 0. The lowest BCUT2D eigenvalue weighted by Crippen LogP contribution is -2.38. The lowest BCUT2D eigenvalue weighted by molar-refractivity contribution is -0.137. The molecule has 5 nitrogen and oxygen atoms in total. The van der Waals surface area contributed by atoms with Gasteiger partial charge in [0.1, 0.15) is 6.54 Å². The fraction of sp³-hybridized carbons (Fsp3) is 0.412. The zero-order chi connectivity index (χ0) is 16.3. The number of aliphatic carboxylic acids is 1. The number of benzene rings is 1. The van der Waals surface area contributed by atoms with Gasteiger partial charge in [0.25, 0.3) is 5.91 Å². The molecule has 2 aromatic rings.